The van der Waals surface area contributed by atoms with Gasteiger partial charge in [0.25, 0.3) is 0 Å². The van der Waals surface area contributed by atoms with E-state index in [2.05, 4.69) is 65.1 Å². The van der Waals surface area contributed by atoms with Crippen LogP contribution in [0.25, 0.3) is 5.57 Å². The van der Waals surface area contributed by atoms with Crippen LogP contribution in [0.3, 0.4) is 0 Å². The number of allylic oxidation sites excluding steroid dienone is 6. The second-order valence-electron chi connectivity index (χ2n) is 5.40. The Morgan fingerprint density at radius 1 is 1.08 bits per heavy atom. The van der Waals surface area contributed by atoms with Crippen LogP contribution in [0.4, 0.5) is 0 Å². The first-order chi connectivity index (χ1) is 10.8. The monoisotopic (exact) mass is 330 g/mol. The first kappa shape index (κ1) is 26.8. The Hall–Kier alpha value is -2.06. The van der Waals surface area contributed by atoms with Crippen molar-refractivity contribution in [3.8, 4) is 0 Å². The predicted octanol–water partition coefficient (Wildman–Crippen LogP) is 6.98. The summed E-state index contributed by atoms with van der Waals surface area (Å²) in [4.78, 5) is 0. The minimum absolute atomic E-state index is 0. The maximum atomic E-state index is 5.10. The molecule has 0 aliphatic carbocycles. The second-order valence-corrected chi connectivity index (χ2v) is 5.40. The molecule has 0 radical (unpaired) electrons. The summed E-state index contributed by atoms with van der Waals surface area (Å²) >= 11 is 0. The van der Waals surface area contributed by atoms with Gasteiger partial charge in [0.2, 0.25) is 0 Å². The van der Waals surface area contributed by atoms with E-state index in [0.29, 0.717) is 0 Å². The molecule has 24 heavy (non-hydrogen) atoms. The Bertz CT molecular complexity index is 505. The molecule has 0 aromatic heterocycles. The molecule has 0 bridgehead atoms. The average Bonchev–Trinajstić information content (AvgIpc) is 2.56. The van der Waals surface area contributed by atoms with Crippen molar-refractivity contribution in [2.45, 2.75) is 54.4 Å². The average molecular weight is 331 g/mol. The first-order valence-corrected chi connectivity index (χ1v) is 8.24. The van der Waals surface area contributed by atoms with Gasteiger partial charge in [0, 0.05) is 5.70 Å². The molecule has 2 heteroatoms. The number of aryl methyl sites for hydroxylation is 1. The van der Waals surface area contributed by atoms with Crippen molar-refractivity contribution >= 4 is 5.57 Å². The van der Waals surface area contributed by atoms with Crippen molar-refractivity contribution in [3.63, 3.8) is 0 Å². The molecule has 0 saturated heterocycles. The van der Waals surface area contributed by atoms with Crippen molar-refractivity contribution in [1.29, 1.82) is 0 Å². The van der Waals surface area contributed by atoms with Crippen molar-refractivity contribution < 1.29 is 0 Å². The van der Waals surface area contributed by atoms with E-state index in [4.69, 9.17) is 5.73 Å². The van der Waals surface area contributed by atoms with Crippen molar-refractivity contribution in [2.24, 2.45) is 5.73 Å². The van der Waals surface area contributed by atoms with Crippen molar-refractivity contribution in [2.75, 3.05) is 0 Å². The molecule has 0 aliphatic heterocycles. The third kappa shape index (κ3) is 14.9. The second kappa shape index (κ2) is 17.3. The Morgan fingerprint density at radius 3 is 1.79 bits per heavy atom. The fourth-order valence-electron chi connectivity index (χ4n) is 1.45. The highest BCUT2D eigenvalue weighted by Gasteiger charge is 1.97. The van der Waals surface area contributed by atoms with Crippen molar-refractivity contribution in [1.82, 2.24) is 6.15 Å². The highest BCUT2D eigenvalue weighted by molar-refractivity contribution is 5.66. The van der Waals surface area contributed by atoms with E-state index in [1.54, 1.807) is 6.08 Å². The highest BCUT2D eigenvalue weighted by atomic mass is 14.5. The zero-order chi connectivity index (χ0) is 18.3. The van der Waals surface area contributed by atoms with E-state index in [9.17, 15) is 0 Å². The molecule has 0 amide bonds. The molecule has 0 fully saturated rings. The SMILES string of the molecule is C=C(N)CC.C=C/C=C\C.CC/C(C)=C(/C)c1ccc(C)cc1.N. The van der Waals surface area contributed by atoms with E-state index in [1.165, 1.54) is 22.3 Å². The Kier molecular flexibility index (Phi) is 19.3. The summed E-state index contributed by atoms with van der Waals surface area (Å²) in [6, 6.07) is 8.73. The smallest absolute Gasteiger partial charge is 0.000466 e. The third-order valence-corrected chi connectivity index (χ3v) is 3.44. The van der Waals surface area contributed by atoms with E-state index in [0.717, 1.165) is 18.5 Å². The van der Waals surface area contributed by atoms with Crippen LogP contribution in [0.1, 0.15) is 58.6 Å². The van der Waals surface area contributed by atoms with Gasteiger partial charge in [-0.2, -0.15) is 0 Å². The summed E-state index contributed by atoms with van der Waals surface area (Å²) in [6.45, 7) is 19.6. The van der Waals surface area contributed by atoms with E-state index in [-0.39, 0.29) is 6.15 Å². The summed E-state index contributed by atoms with van der Waals surface area (Å²) in [5.41, 5.74) is 11.4. The first-order valence-electron chi connectivity index (χ1n) is 8.24. The fourth-order valence-corrected chi connectivity index (χ4v) is 1.45. The van der Waals surface area contributed by atoms with Crippen LogP contribution in [0.5, 0.6) is 0 Å². The number of hydrogen-bond acceptors (Lipinski definition) is 2. The van der Waals surface area contributed by atoms with E-state index >= 15 is 0 Å². The predicted molar refractivity (Wildman–Crippen MR) is 113 cm³/mol. The van der Waals surface area contributed by atoms with Gasteiger partial charge >= 0.3 is 0 Å². The van der Waals surface area contributed by atoms with Gasteiger partial charge in [-0.25, -0.2) is 0 Å². The quantitative estimate of drug-likeness (QED) is 0.585. The molecule has 1 aromatic carbocycles. The van der Waals surface area contributed by atoms with Gasteiger partial charge in [0.1, 0.15) is 0 Å². The molecule has 0 atom stereocenters. The van der Waals surface area contributed by atoms with Gasteiger partial charge in [0.05, 0.1) is 0 Å². The maximum absolute atomic E-state index is 5.10. The van der Waals surface area contributed by atoms with Crippen LogP contribution in [-0.2, 0) is 0 Å². The van der Waals surface area contributed by atoms with Gasteiger partial charge < -0.3 is 11.9 Å². The lowest BCUT2D eigenvalue weighted by molar-refractivity contribution is 1.08. The minimum atomic E-state index is 0. The molecular formula is C22H38N2. The van der Waals surface area contributed by atoms with Crippen LogP contribution >= 0.6 is 0 Å². The minimum Gasteiger partial charge on any atom is -0.403 e. The largest absolute Gasteiger partial charge is 0.403 e. The normalized spacial score (nSPS) is 10.2. The van der Waals surface area contributed by atoms with Crippen LogP contribution < -0.4 is 11.9 Å². The fraction of sp³-hybridized carbons (Fsp3) is 0.364. The number of benzene rings is 1. The Labute approximate surface area is 150 Å². The molecule has 136 valence electrons. The molecule has 2 nitrogen and oxygen atoms in total. The van der Waals surface area contributed by atoms with Gasteiger partial charge in [0.15, 0.2) is 0 Å². The van der Waals surface area contributed by atoms with Gasteiger partial charge in [-0.3, -0.25) is 0 Å². The van der Waals surface area contributed by atoms with Crippen molar-refractivity contribution in [3.05, 3.63) is 78.0 Å². The number of nitrogens with two attached hydrogens (primary N) is 1. The molecule has 0 heterocycles. The lowest BCUT2D eigenvalue weighted by atomic mass is 10.0. The standard InChI is InChI=1S/C13H18.C5H8.C4H9N.H3N/c1-5-11(3)12(4)13-8-6-10(2)7-9-13;1-3-5-4-2;1-3-4(2)5;/h6-9H,5H2,1-4H3;3-5H,1H2,2H3;2-3,5H2,1H3;1H3/b12-11-;5-4-;;. The number of rotatable bonds is 4. The van der Waals surface area contributed by atoms with Crippen LogP contribution in [0.2, 0.25) is 0 Å². The Morgan fingerprint density at radius 2 is 1.54 bits per heavy atom. The van der Waals surface area contributed by atoms with Gasteiger partial charge in [-0.1, -0.05) is 80.6 Å². The molecule has 0 unspecified atom stereocenters. The molecule has 0 spiro atoms. The lowest BCUT2D eigenvalue weighted by Gasteiger charge is -2.06. The topological polar surface area (TPSA) is 61.0 Å². The molecular weight excluding hydrogens is 292 g/mol. The van der Waals surface area contributed by atoms with E-state index in [1.807, 2.05) is 26.0 Å². The molecule has 5 N–H and O–H groups in total. The molecule has 1 rings (SSSR count). The summed E-state index contributed by atoms with van der Waals surface area (Å²) in [5.74, 6) is 0. The summed E-state index contributed by atoms with van der Waals surface area (Å²) in [5, 5.41) is 0. The molecule has 0 saturated carbocycles. The van der Waals surface area contributed by atoms with Gasteiger partial charge in [-0.15, -0.1) is 0 Å². The molecule has 0 aliphatic rings. The summed E-state index contributed by atoms with van der Waals surface area (Å²) < 4.78 is 0. The van der Waals surface area contributed by atoms with Crippen LogP contribution in [0.15, 0.2) is 66.9 Å². The molecule has 1 aromatic rings. The lowest BCUT2D eigenvalue weighted by Crippen LogP contribution is -1.89. The third-order valence-electron chi connectivity index (χ3n) is 3.44. The van der Waals surface area contributed by atoms with Crippen LogP contribution in [-0.4, -0.2) is 0 Å². The summed E-state index contributed by atoms with van der Waals surface area (Å²) in [7, 11) is 0. The van der Waals surface area contributed by atoms with E-state index < -0.39 is 0 Å². The number of hydrogen-bond donors (Lipinski definition) is 2. The highest BCUT2D eigenvalue weighted by Crippen LogP contribution is 2.19. The maximum Gasteiger partial charge on any atom is 0.000466 e. The summed E-state index contributed by atoms with van der Waals surface area (Å²) in [6.07, 6.45) is 7.60. The Balaban J connectivity index is -0.000000337. The van der Waals surface area contributed by atoms with Crippen LogP contribution in [0, 0.1) is 6.92 Å². The zero-order valence-corrected chi connectivity index (χ0v) is 16.7. The zero-order valence-electron chi connectivity index (χ0n) is 16.7. The van der Waals surface area contributed by atoms with Gasteiger partial charge in [-0.05, 0) is 51.7 Å².